The van der Waals surface area contributed by atoms with Crippen molar-refractivity contribution < 1.29 is 4.74 Å². The molecule has 12 rings (SSSR count). The minimum absolute atomic E-state index is 0.0525. The third-order valence-electron chi connectivity index (χ3n) is 14.3. The van der Waals surface area contributed by atoms with Crippen LogP contribution in [0.2, 0.25) is 0 Å². The first kappa shape index (κ1) is 43.8. The SMILES string of the molecule is Cc1cc(-n2c3ccccc3c3ccc(Oc4cccc(N5CN(c6cccc(C(C)(C)C)c6)c6ccccc65)c4)cc32)ncc1-c1cccc([Si](c2ccccc2)(c2ccccc2)c2ccccc2)c1. The van der Waals surface area contributed by atoms with Crippen molar-refractivity contribution in [3.8, 4) is 28.4 Å². The summed E-state index contributed by atoms with van der Waals surface area (Å²) in [4.78, 5) is 10.1. The molecular formula is C65H54N4OSi. The Balaban J connectivity index is 0.892. The first-order chi connectivity index (χ1) is 34.7. The highest BCUT2D eigenvalue weighted by molar-refractivity contribution is 7.19. The van der Waals surface area contributed by atoms with E-state index in [4.69, 9.17) is 9.72 Å². The van der Waals surface area contributed by atoms with Crippen LogP contribution in [0.4, 0.5) is 22.7 Å². The first-order valence-corrected chi connectivity index (χ1v) is 26.5. The van der Waals surface area contributed by atoms with Crippen molar-refractivity contribution in [3.05, 3.63) is 254 Å². The van der Waals surface area contributed by atoms with Gasteiger partial charge in [0.15, 0.2) is 8.07 Å². The van der Waals surface area contributed by atoms with Crippen molar-refractivity contribution in [2.24, 2.45) is 0 Å². The lowest BCUT2D eigenvalue weighted by Crippen LogP contribution is -2.74. The number of rotatable bonds is 10. The molecule has 5 nitrogen and oxygen atoms in total. The highest BCUT2D eigenvalue weighted by Crippen LogP contribution is 2.45. The zero-order chi connectivity index (χ0) is 48.1. The number of hydrogen-bond donors (Lipinski definition) is 0. The van der Waals surface area contributed by atoms with Gasteiger partial charge in [-0.1, -0.05) is 185 Å². The minimum atomic E-state index is -2.72. The Morgan fingerprint density at radius 2 is 1.01 bits per heavy atom. The maximum atomic E-state index is 6.79. The summed E-state index contributed by atoms with van der Waals surface area (Å²) in [5, 5.41) is 7.70. The number of fused-ring (bicyclic) bond motifs is 4. The van der Waals surface area contributed by atoms with Gasteiger partial charge in [0.2, 0.25) is 0 Å². The van der Waals surface area contributed by atoms with E-state index in [1.165, 1.54) is 48.8 Å². The van der Waals surface area contributed by atoms with Crippen LogP contribution in [0.15, 0.2) is 243 Å². The van der Waals surface area contributed by atoms with Crippen molar-refractivity contribution in [1.82, 2.24) is 9.55 Å². The van der Waals surface area contributed by atoms with Gasteiger partial charge in [-0.15, -0.1) is 0 Å². The molecule has 71 heavy (non-hydrogen) atoms. The molecule has 0 atom stereocenters. The van der Waals surface area contributed by atoms with Gasteiger partial charge in [-0.05, 0) is 110 Å². The lowest BCUT2D eigenvalue weighted by Gasteiger charge is -2.34. The van der Waals surface area contributed by atoms with E-state index >= 15 is 0 Å². The molecule has 0 saturated heterocycles. The fourth-order valence-electron chi connectivity index (χ4n) is 10.9. The van der Waals surface area contributed by atoms with Crippen molar-refractivity contribution in [2.75, 3.05) is 16.5 Å². The Kier molecular flexibility index (Phi) is 11.0. The number of aromatic nitrogens is 2. The number of nitrogens with zero attached hydrogens (tertiary/aromatic N) is 4. The second kappa shape index (κ2) is 17.8. The average molecular weight is 935 g/mol. The van der Waals surface area contributed by atoms with E-state index in [1.54, 1.807) is 0 Å². The number of anilines is 4. The van der Waals surface area contributed by atoms with Crippen LogP contribution in [0.25, 0.3) is 38.8 Å². The lowest BCUT2D eigenvalue weighted by molar-refractivity contribution is 0.483. The topological polar surface area (TPSA) is 33.5 Å². The molecule has 2 aromatic heterocycles. The van der Waals surface area contributed by atoms with Gasteiger partial charge >= 0.3 is 0 Å². The molecule has 344 valence electrons. The van der Waals surface area contributed by atoms with Crippen LogP contribution in [0.3, 0.4) is 0 Å². The van der Waals surface area contributed by atoms with Crippen LogP contribution in [0, 0.1) is 6.92 Å². The second-order valence-electron chi connectivity index (χ2n) is 19.7. The molecule has 0 spiro atoms. The van der Waals surface area contributed by atoms with E-state index in [0.29, 0.717) is 6.67 Å². The van der Waals surface area contributed by atoms with Crippen LogP contribution in [-0.4, -0.2) is 24.3 Å². The van der Waals surface area contributed by atoms with Crippen LogP contribution >= 0.6 is 0 Å². The molecule has 0 bridgehead atoms. The summed E-state index contributed by atoms with van der Waals surface area (Å²) < 4.78 is 9.07. The van der Waals surface area contributed by atoms with Gasteiger partial charge in [0, 0.05) is 46.0 Å². The van der Waals surface area contributed by atoms with E-state index in [-0.39, 0.29) is 5.41 Å². The zero-order valence-corrected chi connectivity index (χ0v) is 41.5. The number of ether oxygens (including phenoxy) is 1. The molecule has 9 aromatic carbocycles. The van der Waals surface area contributed by atoms with Crippen LogP contribution in [0.1, 0.15) is 31.9 Å². The molecule has 3 heterocycles. The summed E-state index contributed by atoms with van der Waals surface area (Å²) in [7, 11) is -2.72. The highest BCUT2D eigenvalue weighted by Gasteiger charge is 2.41. The summed E-state index contributed by atoms with van der Waals surface area (Å²) in [6.07, 6.45) is 2.06. The third-order valence-corrected chi connectivity index (χ3v) is 19.1. The number of aryl methyl sites for hydroxylation is 1. The number of para-hydroxylation sites is 3. The Hall–Kier alpha value is -8.45. The molecule has 11 aromatic rings. The molecule has 1 aliphatic heterocycles. The van der Waals surface area contributed by atoms with Crippen molar-refractivity contribution >= 4 is 73.4 Å². The summed E-state index contributed by atoms with van der Waals surface area (Å²) in [5.74, 6) is 2.39. The van der Waals surface area contributed by atoms with Gasteiger partial charge in [0.25, 0.3) is 0 Å². The quantitative estimate of drug-likeness (QED) is 0.101. The standard InChI is InChI=1S/C65H54N4OSi/c1-46-39-64(66-44-59(46)47-21-18-32-56(40-47)71(53-26-8-5-9-27-53,54-28-10-6-11-29-54)55-30-12-7-13-31-55)69-60-34-15-14-33-57(60)58-38-37-52(43-63(58)69)70-51-25-20-24-50(42-51)68-45-67(61-35-16-17-36-62(61)68)49-23-19-22-48(41-49)65(2,3)4/h5-44H,45H2,1-4H3. The molecule has 0 saturated carbocycles. The third kappa shape index (κ3) is 7.77. The summed E-state index contributed by atoms with van der Waals surface area (Å²) >= 11 is 0. The monoisotopic (exact) mass is 934 g/mol. The van der Waals surface area contributed by atoms with E-state index in [9.17, 15) is 0 Å². The van der Waals surface area contributed by atoms with Gasteiger partial charge in [-0.25, -0.2) is 4.98 Å². The molecule has 0 aliphatic carbocycles. The summed E-state index contributed by atoms with van der Waals surface area (Å²) in [5.41, 5.74) is 11.5. The second-order valence-corrected chi connectivity index (χ2v) is 23.5. The fraction of sp³-hybridized carbons (Fsp3) is 0.0923. The van der Waals surface area contributed by atoms with Gasteiger partial charge < -0.3 is 14.5 Å². The van der Waals surface area contributed by atoms with E-state index in [1.807, 2.05) is 6.07 Å². The van der Waals surface area contributed by atoms with Gasteiger partial charge in [-0.3, -0.25) is 4.57 Å². The minimum Gasteiger partial charge on any atom is -0.457 e. The molecular weight excluding hydrogens is 881 g/mol. The van der Waals surface area contributed by atoms with Crippen molar-refractivity contribution in [1.29, 1.82) is 0 Å². The lowest BCUT2D eigenvalue weighted by atomic mass is 9.87. The van der Waals surface area contributed by atoms with Crippen LogP contribution < -0.4 is 35.3 Å². The maximum absolute atomic E-state index is 6.79. The van der Waals surface area contributed by atoms with Crippen LogP contribution in [0.5, 0.6) is 11.5 Å². The Morgan fingerprint density at radius 1 is 0.465 bits per heavy atom. The number of pyridine rings is 1. The molecule has 6 heteroatoms. The van der Waals surface area contributed by atoms with E-state index < -0.39 is 8.07 Å². The van der Waals surface area contributed by atoms with Crippen LogP contribution in [-0.2, 0) is 5.41 Å². The maximum Gasteiger partial charge on any atom is 0.179 e. The zero-order valence-electron chi connectivity index (χ0n) is 40.5. The van der Waals surface area contributed by atoms with E-state index in [2.05, 4.69) is 279 Å². The van der Waals surface area contributed by atoms with Crippen molar-refractivity contribution in [2.45, 2.75) is 33.1 Å². The fourth-order valence-corrected chi connectivity index (χ4v) is 15.7. The van der Waals surface area contributed by atoms with E-state index in [0.717, 1.165) is 56.1 Å². The number of hydrogen-bond acceptors (Lipinski definition) is 4. The molecule has 0 fully saturated rings. The first-order valence-electron chi connectivity index (χ1n) is 24.5. The molecule has 0 unspecified atom stereocenters. The van der Waals surface area contributed by atoms with Gasteiger partial charge in [0.05, 0.1) is 22.4 Å². The number of benzene rings is 9. The predicted molar refractivity (Wildman–Crippen MR) is 300 cm³/mol. The van der Waals surface area contributed by atoms with Crippen molar-refractivity contribution in [3.63, 3.8) is 0 Å². The van der Waals surface area contributed by atoms with Gasteiger partial charge in [-0.2, -0.15) is 0 Å². The Bertz CT molecular complexity index is 3630. The normalized spacial score (nSPS) is 12.7. The summed E-state index contributed by atoms with van der Waals surface area (Å²) in [6, 6.07) is 85.8. The average Bonchev–Trinajstić information content (AvgIpc) is 3.96. The predicted octanol–water partition coefficient (Wildman–Crippen LogP) is 13.9. The molecule has 0 N–H and O–H groups in total. The highest BCUT2D eigenvalue weighted by atomic mass is 28.3. The molecule has 1 aliphatic rings. The Morgan fingerprint density at radius 3 is 1.66 bits per heavy atom. The van der Waals surface area contributed by atoms with Gasteiger partial charge in [0.1, 0.15) is 24.0 Å². The Labute approximate surface area is 417 Å². The smallest absolute Gasteiger partial charge is 0.179 e. The molecule has 0 amide bonds. The largest absolute Gasteiger partial charge is 0.457 e. The molecule has 0 radical (unpaired) electrons. The summed E-state index contributed by atoms with van der Waals surface area (Å²) in [6.45, 7) is 9.71.